The van der Waals surface area contributed by atoms with Crippen molar-refractivity contribution in [3.05, 3.63) is 48.0 Å². The number of alkyl halides is 3. The molecule has 10 nitrogen and oxygen atoms in total. The molecule has 1 atom stereocenters. The maximum absolute atomic E-state index is 14.1. The number of sulfonamides is 1. The van der Waals surface area contributed by atoms with Crippen LogP contribution < -0.4 is 24.2 Å². The Hall–Kier alpha value is -3.52. The van der Waals surface area contributed by atoms with Gasteiger partial charge in [-0.1, -0.05) is 6.07 Å². The Kier molecular flexibility index (Phi) is 7.17. The fourth-order valence-corrected chi connectivity index (χ4v) is 4.66. The van der Waals surface area contributed by atoms with Crippen LogP contribution in [-0.4, -0.2) is 65.0 Å². The molecule has 1 heterocycles. The number of carbonyl (C=O) groups is 2. The van der Waals surface area contributed by atoms with Crippen molar-refractivity contribution in [2.45, 2.75) is 23.2 Å². The molecule has 0 unspecified atom stereocenters. The number of rotatable bonds is 9. The van der Waals surface area contributed by atoms with Gasteiger partial charge in [0, 0.05) is 6.54 Å². The first kappa shape index (κ1) is 26.1. The van der Waals surface area contributed by atoms with Crippen LogP contribution in [0.4, 0.5) is 18.0 Å². The predicted octanol–water partition coefficient (Wildman–Crippen LogP) is 2.04. The van der Waals surface area contributed by atoms with Gasteiger partial charge in [-0.3, -0.25) is 9.69 Å². The molecule has 2 aromatic carbocycles. The van der Waals surface area contributed by atoms with Crippen molar-refractivity contribution in [2.75, 3.05) is 27.9 Å². The molecule has 0 aromatic heterocycles. The molecule has 2 N–H and O–H groups in total. The lowest BCUT2D eigenvalue weighted by Gasteiger charge is -2.29. The van der Waals surface area contributed by atoms with Crippen LogP contribution in [0.25, 0.3) is 0 Å². The summed E-state index contributed by atoms with van der Waals surface area (Å²) >= 11 is 0. The zero-order valence-corrected chi connectivity index (χ0v) is 19.6. The summed E-state index contributed by atoms with van der Waals surface area (Å²) in [5.41, 5.74) is -3.34. The fraction of sp³-hybridized carbons (Fsp3) is 0.333. The van der Waals surface area contributed by atoms with E-state index >= 15 is 0 Å². The van der Waals surface area contributed by atoms with Gasteiger partial charge in [0.05, 0.1) is 26.2 Å². The van der Waals surface area contributed by atoms with E-state index in [1.54, 1.807) is 18.2 Å². The number of nitrogens with one attached hydrogen (secondary N) is 2. The third-order valence-electron chi connectivity index (χ3n) is 5.26. The van der Waals surface area contributed by atoms with Crippen molar-refractivity contribution in [3.63, 3.8) is 0 Å². The van der Waals surface area contributed by atoms with E-state index in [1.165, 1.54) is 43.5 Å². The molecule has 2 aromatic rings. The molecular formula is C21H22F3N3O7S. The molecule has 3 rings (SSSR count). The van der Waals surface area contributed by atoms with Crippen molar-refractivity contribution in [1.29, 1.82) is 0 Å². The minimum absolute atomic E-state index is 0.0291. The summed E-state index contributed by atoms with van der Waals surface area (Å²) in [5.74, 6) is -0.775. The smallest absolute Gasteiger partial charge is 0.435 e. The van der Waals surface area contributed by atoms with Gasteiger partial charge in [0.25, 0.3) is 11.6 Å². The molecule has 3 amide bonds. The summed E-state index contributed by atoms with van der Waals surface area (Å²) in [6.07, 6.45) is -5.52. The standard InChI is InChI=1S/C21H22F3N3O7S/c1-32-14-5-7-15(8-6-14)35(30,31)26-20(21(22,23)24)18(28)27(19(29)25-20)11-10-13-4-9-16(33-2)17(12-13)34-3/h4-9,12,26H,10-11H2,1-3H3,(H,25,29)/t20-/m1/s1. The van der Waals surface area contributed by atoms with Crippen LogP contribution >= 0.6 is 0 Å². The summed E-state index contributed by atoms with van der Waals surface area (Å²) in [6, 6.07) is 7.74. The third-order valence-corrected chi connectivity index (χ3v) is 6.73. The average molecular weight is 517 g/mol. The highest BCUT2D eigenvalue weighted by atomic mass is 32.2. The molecule has 1 aliphatic rings. The maximum atomic E-state index is 14.1. The molecule has 0 aliphatic carbocycles. The van der Waals surface area contributed by atoms with E-state index in [-0.39, 0.29) is 12.2 Å². The van der Waals surface area contributed by atoms with Crippen molar-refractivity contribution >= 4 is 22.0 Å². The molecule has 0 spiro atoms. The molecule has 0 saturated carbocycles. The van der Waals surface area contributed by atoms with Gasteiger partial charge in [-0.2, -0.15) is 17.9 Å². The number of hydrogen-bond acceptors (Lipinski definition) is 7. The Labute approximate surface area is 199 Å². The highest BCUT2D eigenvalue weighted by Gasteiger charge is 2.69. The predicted molar refractivity (Wildman–Crippen MR) is 116 cm³/mol. The van der Waals surface area contributed by atoms with Gasteiger partial charge in [0.2, 0.25) is 10.0 Å². The third kappa shape index (κ3) is 4.98. The van der Waals surface area contributed by atoms with Crippen LogP contribution in [0.15, 0.2) is 47.4 Å². The van der Waals surface area contributed by atoms with Crippen molar-refractivity contribution in [3.8, 4) is 17.2 Å². The number of halogens is 3. The second-order valence-electron chi connectivity index (χ2n) is 7.36. The zero-order valence-electron chi connectivity index (χ0n) is 18.8. The van der Waals surface area contributed by atoms with E-state index in [1.807, 2.05) is 0 Å². The minimum Gasteiger partial charge on any atom is -0.497 e. The second-order valence-corrected chi connectivity index (χ2v) is 9.04. The van der Waals surface area contributed by atoms with Crippen LogP contribution in [0.3, 0.4) is 0 Å². The number of nitrogens with zero attached hydrogens (tertiary/aromatic N) is 1. The van der Waals surface area contributed by atoms with E-state index in [9.17, 15) is 31.2 Å². The Morgan fingerprint density at radius 2 is 1.60 bits per heavy atom. The number of amides is 3. The second kappa shape index (κ2) is 9.62. The molecule has 14 heteroatoms. The van der Waals surface area contributed by atoms with Crippen molar-refractivity contribution < 1.29 is 45.4 Å². The summed E-state index contributed by atoms with van der Waals surface area (Å²) in [7, 11) is -0.749. The van der Waals surface area contributed by atoms with E-state index < -0.39 is 45.2 Å². The van der Waals surface area contributed by atoms with Gasteiger partial charge in [0.1, 0.15) is 5.75 Å². The lowest BCUT2D eigenvalue weighted by Crippen LogP contribution is -2.69. The van der Waals surface area contributed by atoms with Gasteiger partial charge >= 0.3 is 12.2 Å². The van der Waals surface area contributed by atoms with Crippen molar-refractivity contribution in [1.82, 2.24) is 14.9 Å². The first-order chi connectivity index (χ1) is 16.4. The molecule has 35 heavy (non-hydrogen) atoms. The number of ether oxygens (including phenoxy) is 3. The van der Waals surface area contributed by atoms with E-state index in [0.29, 0.717) is 22.0 Å². The van der Waals surface area contributed by atoms with E-state index in [2.05, 4.69) is 0 Å². The summed E-state index contributed by atoms with van der Waals surface area (Å²) in [6.45, 7) is -0.456. The summed E-state index contributed by atoms with van der Waals surface area (Å²) in [5, 5.41) is 1.49. The topological polar surface area (TPSA) is 123 Å². The quantitative estimate of drug-likeness (QED) is 0.488. The number of hydrogen-bond donors (Lipinski definition) is 2. The highest BCUT2D eigenvalue weighted by molar-refractivity contribution is 7.89. The fourth-order valence-electron chi connectivity index (χ4n) is 3.39. The first-order valence-electron chi connectivity index (χ1n) is 9.98. The number of urea groups is 1. The Balaban J connectivity index is 1.87. The van der Waals surface area contributed by atoms with E-state index in [4.69, 9.17) is 14.2 Å². The molecule has 0 bridgehead atoms. The minimum atomic E-state index is -5.49. The normalized spacial score (nSPS) is 18.4. The Morgan fingerprint density at radius 1 is 0.971 bits per heavy atom. The van der Waals surface area contributed by atoms with Crippen LogP contribution in [0.2, 0.25) is 0 Å². The lowest BCUT2D eigenvalue weighted by molar-refractivity contribution is -0.198. The molecule has 1 aliphatic heterocycles. The van der Waals surface area contributed by atoms with Gasteiger partial charge in [-0.25, -0.2) is 13.2 Å². The van der Waals surface area contributed by atoms with Crippen LogP contribution in [0.1, 0.15) is 5.56 Å². The molecule has 1 saturated heterocycles. The van der Waals surface area contributed by atoms with E-state index in [0.717, 1.165) is 12.1 Å². The zero-order chi connectivity index (χ0) is 26.0. The van der Waals surface area contributed by atoms with Crippen molar-refractivity contribution in [2.24, 2.45) is 0 Å². The van der Waals surface area contributed by atoms with Gasteiger partial charge in [-0.05, 0) is 48.4 Å². The maximum Gasteiger partial charge on any atom is 0.435 e. The monoisotopic (exact) mass is 517 g/mol. The summed E-state index contributed by atoms with van der Waals surface area (Å²) < 4.78 is 84.2. The number of carbonyl (C=O) groups excluding carboxylic acids is 2. The first-order valence-corrected chi connectivity index (χ1v) is 11.5. The highest BCUT2D eigenvalue weighted by Crippen LogP contribution is 2.35. The number of methoxy groups -OCH3 is 3. The Morgan fingerprint density at radius 3 is 2.14 bits per heavy atom. The SMILES string of the molecule is COc1ccc(S(=O)(=O)N[C@]2(C(F)(F)F)NC(=O)N(CCc3ccc(OC)c(OC)c3)C2=O)cc1. The largest absolute Gasteiger partial charge is 0.497 e. The Bertz CT molecular complexity index is 1220. The van der Waals surface area contributed by atoms with Gasteiger partial charge in [-0.15, -0.1) is 0 Å². The van der Waals surface area contributed by atoms with Crippen LogP contribution in [0.5, 0.6) is 17.2 Å². The molecule has 0 radical (unpaired) electrons. The van der Waals surface area contributed by atoms with Crippen LogP contribution in [0, 0.1) is 0 Å². The summed E-state index contributed by atoms with van der Waals surface area (Å²) in [4.78, 5) is 25.0. The number of benzene rings is 2. The average Bonchev–Trinajstić information content (AvgIpc) is 3.06. The van der Waals surface area contributed by atoms with Gasteiger partial charge < -0.3 is 19.5 Å². The van der Waals surface area contributed by atoms with Crippen LogP contribution in [-0.2, 0) is 21.2 Å². The lowest BCUT2D eigenvalue weighted by atomic mass is 10.1. The molecular weight excluding hydrogens is 495 g/mol. The molecule has 1 fully saturated rings. The molecule has 190 valence electrons. The van der Waals surface area contributed by atoms with Gasteiger partial charge in [0.15, 0.2) is 11.5 Å². The number of imide groups is 1.